The second-order valence-electron chi connectivity index (χ2n) is 2.78. The highest BCUT2D eigenvalue weighted by Crippen LogP contribution is 2.01. The van der Waals surface area contributed by atoms with Crippen molar-refractivity contribution in [1.82, 2.24) is 4.90 Å². The predicted octanol–water partition coefficient (Wildman–Crippen LogP) is 1.79. The van der Waals surface area contributed by atoms with E-state index in [1.54, 1.807) is 17.9 Å². The van der Waals surface area contributed by atoms with Crippen molar-refractivity contribution in [3.63, 3.8) is 0 Å². The molecule has 0 rings (SSSR count). The van der Waals surface area contributed by atoms with Crippen LogP contribution in [0.4, 0.5) is 0 Å². The number of esters is 1. The Morgan fingerprint density at radius 2 is 2.21 bits per heavy atom. The number of hydrogen-bond acceptors (Lipinski definition) is 3. The van der Waals surface area contributed by atoms with E-state index in [1.165, 1.54) is 0 Å². The minimum atomic E-state index is -0.257. The van der Waals surface area contributed by atoms with Gasteiger partial charge in [-0.1, -0.05) is 24.3 Å². The van der Waals surface area contributed by atoms with Gasteiger partial charge in [-0.3, -0.25) is 9.69 Å². The van der Waals surface area contributed by atoms with Gasteiger partial charge >= 0.3 is 5.97 Å². The molecule has 0 heterocycles. The zero-order valence-electron chi connectivity index (χ0n) is 8.46. The predicted molar refractivity (Wildman–Crippen MR) is 58.3 cm³/mol. The summed E-state index contributed by atoms with van der Waals surface area (Å²) in [5.41, 5.74) is 0. The quantitative estimate of drug-likeness (QED) is 0.481. The molecule has 0 aromatic rings. The van der Waals surface area contributed by atoms with Gasteiger partial charge in [0, 0.05) is 18.1 Å². The van der Waals surface area contributed by atoms with Gasteiger partial charge in [0.1, 0.15) is 0 Å². The zero-order chi connectivity index (χ0) is 11.0. The summed E-state index contributed by atoms with van der Waals surface area (Å²) in [6.45, 7) is 10.6. The van der Waals surface area contributed by atoms with E-state index in [9.17, 15) is 4.79 Å². The smallest absolute Gasteiger partial charge is 0.320 e. The van der Waals surface area contributed by atoms with Gasteiger partial charge in [0.2, 0.25) is 0 Å². The second-order valence-corrected chi connectivity index (χ2v) is 3.32. The number of carbonyl (C=O) groups excluding carboxylic acids is 1. The molecule has 0 aromatic heterocycles. The lowest BCUT2D eigenvalue weighted by Crippen LogP contribution is -2.32. The van der Waals surface area contributed by atoms with Crippen LogP contribution in [0.15, 0.2) is 24.3 Å². The lowest BCUT2D eigenvalue weighted by molar-refractivity contribution is -0.144. The zero-order valence-corrected chi connectivity index (χ0v) is 9.22. The third kappa shape index (κ3) is 6.69. The Bertz CT molecular complexity index is 216. The first-order valence-corrected chi connectivity index (χ1v) is 4.80. The van der Waals surface area contributed by atoms with Gasteiger partial charge in [0.25, 0.3) is 0 Å². The number of ether oxygens (including phenoxy) is 1. The van der Waals surface area contributed by atoms with Crippen molar-refractivity contribution >= 4 is 17.6 Å². The molecule has 0 atom stereocenters. The molecule has 0 N–H and O–H groups in total. The van der Waals surface area contributed by atoms with Crippen LogP contribution in [0.5, 0.6) is 0 Å². The molecule has 14 heavy (non-hydrogen) atoms. The van der Waals surface area contributed by atoms with Crippen LogP contribution in [0.3, 0.4) is 0 Å². The van der Waals surface area contributed by atoms with Gasteiger partial charge in [0.05, 0.1) is 13.2 Å². The molecule has 0 aromatic carbocycles. The molecular weight excluding hydrogens is 202 g/mol. The lowest BCUT2D eigenvalue weighted by atomic mass is 10.4. The fraction of sp³-hybridized carbons (Fsp3) is 0.500. The molecular formula is C10H16ClNO2. The maximum atomic E-state index is 11.1. The van der Waals surface area contributed by atoms with Crippen LogP contribution < -0.4 is 0 Å². The van der Waals surface area contributed by atoms with Gasteiger partial charge in [-0.05, 0) is 6.92 Å². The highest BCUT2D eigenvalue weighted by Gasteiger charge is 2.10. The number of rotatable bonds is 7. The number of hydrogen-bond donors (Lipinski definition) is 0. The van der Waals surface area contributed by atoms with Crippen LogP contribution >= 0.6 is 11.6 Å². The fourth-order valence-corrected chi connectivity index (χ4v) is 1.17. The Hall–Kier alpha value is -0.800. The van der Waals surface area contributed by atoms with Crippen molar-refractivity contribution < 1.29 is 9.53 Å². The summed E-state index contributed by atoms with van der Waals surface area (Å²) in [7, 11) is 0. The maximum Gasteiger partial charge on any atom is 0.320 e. The number of carbonyl (C=O) groups is 1. The van der Waals surface area contributed by atoms with Crippen LogP contribution in [0.2, 0.25) is 0 Å². The molecule has 0 aliphatic carbocycles. The van der Waals surface area contributed by atoms with E-state index in [1.807, 2.05) is 0 Å². The van der Waals surface area contributed by atoms with Gasteiger partial charge in [-0.25, -0.2) is 0 Å². The molecule has 4 heteroatoms. The van der Waals surface area contributed by atoms with Crippen molar-refractivity contribution in [1.29, 1.82) is 0 Å². The van der Waals surface area contributed by atoms with E-state index in [-0.39, 0.29) is 12.5 Å². The topological polar surface area (TPSA) is 29.5 Å². The summed E-state index contributed by atoms with van der Waals surface area (Å²) >= 11 is 5.65. The average Bonchev–Trinajstić information content (AvgIpc) is 2.03. The van der Waals surface area contributed by atoms with Crippen molar-refractivity contribution in [2.45, 2.75) is 6.92 Å². The molecule has 0 amide bonds. The molecule has 0 fully saturated rings. The Morgan fingerprint density at radius 3 is 2.64 bits per heavy atom. The van der Waals surface area contributed by atoms with Gasteiger partial charge in [-0.2, -0.15) is 0 Å². The Kier molecular flexibility index (Phi) is 7.16. The summed E-state index contributed by atoms with van der Waals surface area (Å²) in [4.78, 5) is 12.9. The Labute approximate surface area is 90.0 Å². The van der Waals surface area contributed by atoms with Gasteiger partial charge in [0.15, 0.2) is 0 Å². The molecule has 0 aliphatic heterocycles. The van der Waals surface area contributed by atoms with E-state index in [4.69, 9.17) is 16.3 Å². The first kappa shape index (κ1) is 13.2. The first-order valence-electron chi connectivity index (χ1n) is 4.42. The van der Waals surface area contributed by atoms with Crippen molar-refractivity contribution in [2.24, 2.45) is 0 Å². The van der Waals surface area contributed by atoms with Crippen LogP contribution in [0, 0.1) is 0 Å². The summed E-state index contributed by atoms with van der Waals surface area (Å²) in [5, 5.41) is 0.496. The van der Waals surface area contributed by atoms with Crippen LogP contribution in [0.25, 0.3) is 0 Å². The summed E-state index contributed by atoms with van der Waals surface area (Å²) < 4.78 is 4.81. The number of nitrogens with zero attached hydrogens (tertiary/aromatic N) is 1. The van der Waals surface area contributed by atoms with E-state index < -0.39 is 0 Å². The van der Waals surface area contributed by atoms with Crippen LogP contribution in [-0.4, -0.2) is 37.1 Å². The van der Waals surface area contributed by atoms with Gasteiger partial charge < -0.3 is 4.74 Å². The lowest BCUT2D eigenvalue weighted by Gasteiger charge is -2.18. The molecule has 0 spiro atoms. The van der Waals surface area contributed by atoms with Crippen molar-refractivity contribution in [3.8, 4) is 0 Å². The highest BCUT2D eigenvalue weighted by atomic mass is 35.5. The molecule has 3 nitrogen and oxygen atoms in total. The molecule has 0 saturated carbocycles. The minimum absolute atomic E-state index is 0.214. The Balaban J connectivity index is 4.00. The largest absolute Gasteiger partial charge is 0.465 e. The Morgan fingerprint density at radius 1 is 1.57 bits per heavy atom. The SMILES string of the molecule is C=CCN(CC(=C)Cl)CC(=O)OCC. The van der Waals surface area contributed by atoms with Crippen molar-refractivity contribution in [2.75, 3.05) is 26.2 Å². The summed E-state index contributed by atoms with van der Waals surface area (Å²) in [6, 6.07) is 0. The maximum absolute atomic E-state index is 11.1. The van der Waals surface area contributed by atoms with Crippen molar-refractivity contribution in [3.05, 3.63) is 24.3 Å². The molecule has 0 aliphatic rings. The van der Waals surface area contributed by atoms with E-state index >= 15 is 0 Å². The minimum Gasteiger partial charge on any atom is -0.465 e. The molecule has 0 bridgehead atoms. The monoisotopic (exact) mass is 217 g/mol. The third-order valence-electron chi connectivity index (χ3n) is 1.44. The van der Waals surface area contributed by atoms with E-state index in [0.29, 0.717) is 24.7 Å². The second kappa shape index (κ2) is 7.59. The fourth-order valence-electron chi connectivity index (χ4n) is 0.999. The first-order chi connectivity index (χ1) is 6.60. The molecule has 0 saturated heterocycles. The average molecular weight is 218 g/mol. The normalized spacial score (nSPS) is 9.93. The van der Waals surface area contributed by atoms with E-state index in [2.05, 4.69) is 13.2 Å². The summed E-state index contributed by atoms with van der Waals surface area (Å²) in [5.74, 6) is -0.257. The highest BCUT2D eigenvalue weighted by molar-refractivity contribution is 6.29. The third-order valence-corrected chi connectivity index (χ3v) is 1.56. The summed E-state index contributed by atoms with van der Waals surface area (Å²) in [6.07, 6.45) is 1.71. The molecule has 0 unspecified atom stereocenters. The number of halogens is 1. The molecule has 0 radical (unpaired) electrons. The molecule has 80 valence electrons. The van der Waals surface area contributed by atoms with Crippen LogP contribution in [0.1, 0.15) is 6.92 Å². The van der Waals surface area contributed by atoms with Gasteiger partial charge in [-0.15, -0.1) is 6.58 Å². The van der Waals surface area contributed by atoms with Crippen LogP contribution in [-0.2, 0) is 9.53 Å². The van der Waals surface area contributed by atoms with E-state index in [0.717, 1.165) is 0 Å². The standard InChI is InChI=1S/C10H16ClNO2/c1-4-6-12(7-9(3)11)8-10(13)14-5-2/h4H,1,3,5-8H2,2H3.